The molecule has 1 aromatic rings. The van der Waals surface area contributed by atoms with Crippen LogP contribution in [0.25, 0.3) is 0 Å². The Kier molecular flexibility index (Phi) is 3.83. The molecule has 1 aliphatic rings. The Morgan fingerprint density at radius 3 is 2.68 bits per heavy atom. The van der Waals surface area contributed by atoms with Gasteiger partial charge in [-0.05, 0) is 32.9 Å². The van der Waals surface area contributed by atoms with E-state index in [1.807, 2.05) is 0 Å². The van der Waals surface area contributed by atoms with Crippen molar-refractivity contribution in [2.24, 2.45) is 8.73 Å². The van der Waals surface area contributed by atoms with Crippen LogP contribution in [0.2, 0.25) is 0 Å². The Bertz CT molecular complexity index is 677. The van der Waals surface area contributed by atoms with E-state index in [0.29, 0.717) is 11.4 Å². The van der Waals surface area contributed by atoms with E-state index in [1.54, 1.807) is 32.9 Å². The van der Waals surface area contributed by atoms with E-state index in [0.717, 1.165) is 11.4 Å². The summed E-state index contributed by atoms with van der Waals surface area (Å²) >= 11 is 7.00. The fourth-order valence-corrected chi connectivity index (χ4v) is 3.85. The minimum absolute atomic E-state index is 0.129. The van der Waals surface area contributed by atoms with Gasteiger partial charge in [0.05, 0.1) is 11.4 Å². The lowest BCUT2D eigenvalue weighted by molar-refractivity contribution is 0.445. The summed E-state index contributed by atoms with van der Waals surface area (Å²) in [6, 6.07) is 4.89. The van der Waals surface area contributed by atoms with Crippen LogP contribution in [-0.2, 0) is 21.4 Å². The molecule has 2 rings (SSSR count). The van der Waals surface area contributed by atoms with Crippen LogP contribution < -0.4 is 4.72 Å². The Labute approximate surface area is 121 Å². The molecule has 0 spiro atoms. The van der Waals surface area contributed by atoms with Gasteiger partial charge in [-0.25, -0.2) is 13.1 Å². The summed E-state index contributed by atoms with van der Waals surface area (Å²) in [7, 11) is -3.69. The zero-order chi connectivity index (χ0) is 14.3. The molecule has 1 unspecified atom stereocenters. The van der Waals surface area contributed by atoms with Gasteiger partial charge in [-0.2, -0.15) is 8.73 Å². The highest BCUT2D eigenvalue weighted by atomic mass is 35.5. The van der Waals surface area contributed by atoms with Gasteiger partial charge in [0.15, 0.2) is 0 Å². The first-order valence-corrected chi connectivity index (χ1v) is 8.28. The lowest BCUT2D eigenvalue weighted by Gasteiger charge is -2.28. The number of fused-ring (bicyclic) bond motifs is 1. The average Bonchev–Trinajstić information content (AvgIpc) is 2.74. The lowest BCUT2D eigenvalue weighted by Crippen LogP contribution is -2.48. The molecule has 1 atom stereocenters. The smallest absolute Gasteiger partial charge is 0.207 e. The molecular weight excluding hydrogens is 306 g/mol. The van der Waals surface area contributed by atoms with Gasteiger partial charge >= 0.3 is 0 Å². The van der Waals surface area contributed by atoms with E-state index in [-0.39, 0.29) is 10.3 Å². The molecule has 0 aliphatic carbocycles. The lowest BCUT2D eigenvalue weighted by atomic mass is 10.0. The van der Waals surface area contributed by atoms with Crippen LogP contribution in [0, 0.1) is 0 Å². The first-order valence-electron chi connectivity index (χ1n) is 5.63. The van der Waals surface area contributed by atoms with Crippen LogP contribution in [0.3, 0.4) is 0 Å². The van der Waals surface area contributed by atoms with Crippen LogP contribution in [0.4, 0.5) is 11.4 Å². The van der Waals surface area contributed by atoms with Crippen molar-refractivity contribution in [2.75, 3.05) is 0 Å². The third-order valence-corrected chi connectivity index (χ3v) is 5.72. The van der Waals surface area contributed by atoms with Gasteiger partial charge in [0.25, 0.3) is 0 Å². The van der Waals surface area contributed by atoms with Gasteiger partial charge in [0.2, 0.25) is 10.0 Å². The SMILES string of the molecule is CC(Cl)C(C)(C)NS(=O)(=O)c1cccc2c1N=S=N2. The maximum atomic E-state index is 12.4. The number of hydrogen-bond donors (Lipinski definition) is 1. The number of nitrogens with zero attached hydrogens (tertiary/aromatic N) is 2. The normalized spacial score (nSPS) is 16.0. The van der Waals surface area contributed by atoms with Crippen molar-refractivity contribution < 1.29 is 8.42 Å². The Hall–Kier alpha value is -0.760. The third-order valence-electron chi connectivity index (χ3n) is 2.93. The van der Waals surface area contributed by atoms with E-state index in [1.165, 1.54) is 6.07 Å². The quantitative estimate of drug-likeness (QED) is 0.880. The summed E-state index contributed by atoms with van der Waals surface area (Å²) in [4.78, 5) is 0.129. The van der Waals surface area contributed by atoms with E-state index < -0.39 is 15.6 Å². The van der Waals surface area contributed by atoms with Gasteiger partial charge in [-0.15, -0.1) is 11.6 Å². The number of rotatable bonds is 4. The molecule has 0 aromatic heterocycles. The molecule has 0 fully saturated rings. The van der Waals surface area contributed by atoms with Crippen molar-refractivity contribution in [2.45, 2.75) is 36.6 Å². The molecule has 1 aliphatic heterocycles. The van der Waals surface area contributed by atoms with E-state index >= 15 is 0 Å². The van der Waals surface area contributed by atoms with Crippen LogP contribution in [0.1, 0.15) is 20.8 Å². The molecule has 1 N–H and O–H groups in total. The number of nitrogens with one attached hydrogen (secondary N) is 1. The Morgan fingerprint density at radius 2 is 2.05 bits per heavy atom. The maximum absolute atomic E-state index is 12.4. The average molecular weight is 320 g/mol. The molecule has 1 aromatic carbocycles. The highest BCUT2D eigenvalue weighted by molar-refractivity contribution is 7.89. The fraction of sp³-hybridized carbons (Fsp3) is 0.455. The topological polar surface area (TPSA) is 70.9 Å². The van der Waals surface area contributed by atoms with Crippen molar-refractivity contribution in [3.05, 3.63) is 18.2 Å². The van der Waals surface area contributed by atoms with Gasteiger partial charge in [-0.3, -0.25) is 0 Å². The second kappa shape index (κ2) is 4.97. The minimum atomic E-state index is -3.69. The molecule has 0 amide bonds. The molecule has 0 saturated heterocycles. The maximum Gasteiger partial charge on any atom is 0.243 e. The molecule has 5 nitrogen and oxygen atoms in total. The van der Waals surface area contributed by atoms with Crippen molar-refractivity contribution in [1.29, 1.82) is 0 Å². The molecule has 0 saturated carbocycles. The van der Waals surface area contributed by atoms with E-state index in [4.69, 9.17) is 11.6 Å². The van der Waals surface area contributed by atoms with E-state index in [9.17, 15) is 8.42 Å². The second-order valence-electron chi connectivity index (χ2n) is 4.83. The number of alkyl halides is 1. The van der Waals surface area contributed by atoms with Crippen LogP contribution >= 0.6 is 11.6 Å². The second-order valence-corrected chi connectivity index (χ2v) is 7.67. The predicted octanol–water partition coefficient (Wildman–Crippen LogP) is 3.10. The highest BCUT2D eigenvalue weighted by Crippen LogP contribution is 2.37. The monoisotopic (exact) mass is 319 g/mol. The highest BCUT2D eigenvalue weighted by Gasteiger charge is 2.32. The van der Waals surface area contributed by atoms with Gasteiger partial charge in [-0.1, -0.05) is 6.07 Å². The third kappa shape index (κ3) is 2.89. The number of benzene rings is 1. The van der Waals surface area contributed by atoms with Gasteiger partial charge < -0.3 is 0 Å². The summed E-state index contributed by atoms with van der Waals surface area (Å²) in [5.74, 6) is 0. The molecule has 1 heterocycles. The van der Waals surface area contributed by atoms with Crippen LogP contribution in [-0.4, -0.2) is 19.3 Å². The van der Waals surface area contributed by atoms with Crippen molar-refractivity contribution in [3.8, 4) is 0 Å². The number of halogens is 1. The number of sulfonamides is 1. The van der Waals surface area contributed by atoms with E-state index in [2.05, 4.69) is 13.4 Å². The molecule has 19 heavy (non-hydrogen) atoms. The standard InChI is InChI=1S/C11H14ClN3O2S2/c1-7(12)11(2,3)15-19(16,17)9-6-4-5-8-10(9)14-18-13-8/h4-7,15H,1-3H3. The molecular formula is C11H14ClN3O2S2. The summed E-state index contributed by atoms with van der Waals surface area (Å²) in [6.07, 6.45) is 0. The van der Waals surface area contributed by atoms with Gasteiger partial charge in [0.1, 0.15) is 16.3 Å². The molecule has 8 heteroatoms. The number of hydrogen-bond acceptors (Lipinski definition) is 4. The molecule has 104 valence electrons. The Morgan fingerprint density at radius 1 is 1.37 bits per heavy atom. The summed E-state index contributed by atoms with van der Waals surface area (Å²) < 4.78 is 35.5. The zero-order valence-corrected chi connectivity index (χ0v) is 13.1. The van der Waals surface area contributed by atoms with Gasteiger partial charge in [0, 0.05) is 10.9 Å². The first kappa shape index (κ1) is 14.6. The zero-order valence-electron chi connectivity index (χ0n) is 10.7. The predicted molar refractivity (Wildman–Crippen MR) is 77.7 cm³/mol. The first-order chi connectivity index (χ1) is 8.74. The summed E-state index contributed by atoms with van der Waals surface area (Å²) in [6.45, 7) is 5.22. The minimum Gasteiger partial charge on any atom is -0.207 e. The summed E-state index contributed by atoms with van der Waals surface area (Å²) in [5, 5.41) is -0.352. The fourth-order valence-electron chi connectivity index (χ4n) is 1.48. The van der Waals surface area contributed by atoms with Crippen LogP contribution in [0.5, 0.6) is 0 Å². The summed E-state index contributed by atoms with van der Waals surface area (Å²) in [5.41, 5.74) is 0.203. The molecule has 0 bridgehead atoms. The van der Waals surface area contributed by atoms with Crippen molar-refractivity contribution >= 4 is 44.4 Å². The Balaban J connectivity index is 2.43. The van der Waals surface area contributed by atoms with Crippen molar-refractivity contribution in [3.63, 3.8) is 0 Å². The largest absolute Gasteiger partial charge is 0.243 e. The van der Waals surface area contributed by atoms with Crippen molar-refractivity contribution in [1.82, 2.24) is 4.72 Å². The molecule has 0 radical (unpaired) electrons. The van der Waals surface area contributed by atoms with Crippen LogP contribution in [0.15, 0.2) is 31.8 Å².